The van der Waals surface area contributed by atoms with Crippen molar-refractivity contribution in [3.05, 3.63) is 83.1 Å². The fourth-order valence-corrected chi connectivity index (χ4v) is 5.28. The van der Waals surface area contributed by atoms with E-state index in [1.807, 2.05) is 66.7 Å². The molecule has 0 saturated carbocycles. The third-order valence-corrected chi connectivity index (χ3v) is 7.46. The van der Waals surface area contributed by atoms with Gasteiger partial charge in [-0.3, -0.25) is 14.6 Å². The highest BCUT2D eigenvalue weighted by molar-refractivity contribution is 6.33. The quantitative estimate of drug-likeness (QED) is 0.465. The molecule has 34 heavy (non-hydrogen) atoms. The van der Waals surface area contributed by atoms with Crippen molar-refractivity contribution in [2.45, 2.75) is 31.3 Å². The van der Waals surface area contributed by atoms with Crippen LogP contribution in [0.2, 0.25) is 5.02 Å². The van der Waals surface area contributed by atoms with Crippen LogP contribution in [0.4, 0.5) is 4.79 Å². The molecule has 2 aliphatic heterocycles. The Hall–Kier alpha value is -3.09. The number of nitrogens with zero attached hydrogens (tertiary/aromatic N) is 3. The lowest BCUT2D eigenvalue weighted by Gasteiger charge is -2.40. The molecule has 2 aromatic carbocycles. The van der Waals surface area contributed by atoms with Crippen molar-refractivity contribution in [2.75, 3.05) is 26.7 Å². The van der Waals surface area contributed by atoms with Crippen LogP contribution in [0.15, 0.2) is 71.1 Å². The molecule has 7 heteroatoms. The Morgan fingerprint density at radius 3 is 2.38 bits per heavy atom. The van der Waals surface area contributed by atoms with E-state index in [0.29, 0.717) is 37.4 Å². The normalized spacial score (nSPS) is 18.3. The molecule has 0 N–H and O–H groups in total. The van der Waals surface area contributed by atoms with Gasteiger partial charge in [0.05, 0.1) is 11.6 Å². The van der Waals surface area contributed by atoms with Crippen LogP contribution < -0.4 is 0 Å². The van der Waals surface area contributed by atoms with Gasteiger partial charge in [-0.15, -0.1) is 0 Å². The van der Waals surface area contributed by atoms with Gasteiger partial charge in [0.2, 0.25) is 0 Å². The van der Waals surface area contributed by atoms with Crippen molar-refractivity contribution in [1.29, 1.82) is 0 Å². The summed E-state index contributed by atoms with van der Waals surface area (Å²) in [7, 11) is 1.76. The lowest BCUT2D eigenvalue weighted by Crippen LogP contribution is -2.55. The molecule has 0 unspecified atom stereocenters. The van der Waals surface area contributed by atoms with E-state index in [0.717, 1.165) is 35.7 Å². The molecular formula is C27H28ClN3O3. The average molecular weight is 478 g/mol. The Labute approximate surface area is 204 Å². The largest absolute Gasteiger partial charge is 0.460 e. The van der Waals surface area contributed by atoms with Gasteiger partial charge in [-0.25, -0.2) is 4.79 Å². The van der Waals surface area contributed by atoms with Crippen LogP contribution in [-0.2, 0) is 17.8 Å². The number of carbonyl (C=O) groups is 2. The summed E-state index contributed by atoms with van der Waals surface area (Å²) in [5.74, 6) is 1.55. The van der Waals surface area contributed by atoms with Crippen molar-refractivity contribution in [2.24, 2.45) is 0 Å². The second-order valence-corrected chi connectivity index (χ2v) is 9.49. The van der Waals surface area contributed by atoms with Gasteiger partial charge in [-0.05, 0) is 49.1 Å². The summed E-state index contributed by atoms with van der Waals surface area (Å²) in [5.41, 5.74) is 1.26. The van der Waals surface area contributed by atoms with Crippen LogP contribution in [0.25, 0.3) is 11.3 Å². The van der Waals surface area contributed by atoms with E-state index in [1.54, 1.807) is 11.9 Å². The number of imide groups is 1. The molecule has 176 valence electrons. The van der Waals surface area contributed by atoms with Gasteiger partial charge in [0.1, 0.15) is 17.1 Å². The number of hydrogen-bond acceptors (Lipinski definition) is 4. The Morgan fingerprint density at radius 2 is 1.65 bits per heavy atom. The number of carbonyl (C=O) groups excluding carboxylic acids is 2. The first-order chi connectivity index (χ1) is 16.5. The smallest absolute Gasteiger partial charge is 0.327 e. The predicted molar refractivity (Wildman–Crippen MR) is 131 cm³/mol. The average Bonchev–Trinajstić information content (AvgIpc) is 3.38. The molecular weight excluding hydrogens is 450 g/mol. The first-order valence-electron chi connectivity index (χ1n) is 11.7. The maximum Gasteiger partial charge on any atom is 0.327 e. The molecule has 6 nitrogen and oxygen atoms in total. The van der Waals surface area contributed by atoms with E-state index >= 15 is 0 Å². The predicted octanol–water partition coefficient (Wildman–Crippen LogP) is 5.07. The zero-order valence-electron chi connectivity index (χ0n) is 19.2. The number of benzene rings is 2. The van der Waals surface area contributed by atoms with Gasteiger partial charge in [0.25, 0.3) is 5.91 Å². The summed E-state index contributed by atoms with van der Waals surface area (Å²) >= 11 is 6.30. The van der Waals surface area contributed by atoms with Crippen LogP contribution >= 0.6 is 11.6 Å². The fourth-order valence-electron chi connectivity index (χ4n) is 5.05. The number of piperidine rings is 1. The number of urea groups is 1. The Bertz CT molecular complexity index is 1180. The Morgan fingerprint density at radius 1 is 0.941 bits per heavy atom. The maximum absolute atomic E-state index is 13.4. The van der Waals surface area contributed by atoms with Gasteiger partial charge in [-0.2, -0.15) is 0 Å². The van der Waals surface area contributed by atoms with Gasteiger partial charge in [0.15, 0.2) is 0 Å². The van der Waals surface area contributed by atoms with E-state index in [1.165, 1.54) is 4.90 Å². The monoisotopic (exact) mass is 477 g/mol. The van der Waals surface area contributed by atoms with E-state index in [9.17, 15) is 9.59 Å². The summed E-state index contributed by atoms with van der Waals surface area (Å²) < 4.78 is 6.05. The minimum Gasteiger partial charge on any atom is -0.460 e. The molecule has 3 amide bonds. The third-order valence-electron chi connectivity index (χ3n) is 7.13. The third kappa shape index (κ3) is 4.12. The first kappa shape index (κ1) is 22.7. The summed E-state index contributed by atoms with van der Waals surface area (Å²) in [4.78, 5) is 31.7. The number of furan rings is 1. The lowest BCUT2D eigenvalue weighted by atomic mass is 9.86. The fraction of sp³-hybridized carbons (Fsp3) is 0.333. The molecule has 1 spiro atoms. The van der Waals surface area contributed by atoms with E-state index in [2.05, 4.69) is 4.90 Å². The van der Waals surface area contributed by atoms with Crippen molar-refractivity contribution >= 4 is 23.5 Å². The molecule has 3 heterocycles. The highest BCUT2D eigenvalue weighted by atomic mass is 35.5. The summed E-state index contributed by atoms with van der Waals surface area (Å²) in [5, 5.41) is 0.660. The van der Waals surface area contributed by atoms with Crippen molar-refractivity contribution < 1.29 is 14.0 Å². The zero-order valence-corrected chi connectivity index (χ0v) is 20.0. The Balaban J connectivity index is 1.21. The molecule has 2 fully saturated rings. The number of rotatable bonds is 6. The van der Waals surface area contributed by atoms with Gasteiger partial charge < -0.3 is 9.32 Å². The lowest BCUT2D eigenvalue weighted by molar-refractivity contribution is -0.135. The molecule has 2 saturated heterocycles. The van der Waals surface area contributed by atoms with Crippen LogP contribution in [0.5, 0.6) is 0 Å². The molecule has 3 aromatic rings. The summed E-state index contributed by atoms with van der Waals surface area (Å²) in [6, 6.07) is 21.3. The second-order valence-electron chi connectivity index (χ2n) is 9.09. The van der Waals surface area contributed by atoms with Crippen molar-refractivity contribution in [3.63, 3.8) is 0 Å². The van der Waals surface area contributed by atoms with E-state index < -0.39 is 5.54 Å². The van der Waals surface area contributed by atoms with E-state index in [-0.39, 0.29) is 11.9 Å². The number of hydrogen-bond donors (Lipinski definition) is 0. The first-order valence-corrected chi connectivity index (χ1v) is 12.1. The van der Waals surface area contributed by atoms with Gasteiger partial charge >= 0.3 is 6.03 Å². The van der Waals surface area contributed by atoms with Crippen LogP contribution in [0.3, 0.4) is 0 Å². The minimum atomic E-state index is -0.740. The molecule has 0 atom stereocenters. The molecule has 0 bridgehead atoms. The highest BCUT2D eigenvalue weighted by Gasteiger charge is 2.56. The molecule has 0 radical (unpaired) electrons. The number of amides is 3. The molecule has 0 aliphatic carbocycles. The molecule has 5 rings (SSSR count). The molecule has 1 aromatic heterocycles. The number of likely N-dealkylation sites (tertiary alicyclic amines) is 1. The van der Waals surface area contributed by atoms with Crippen LogP contribution in [0.1, 0.15) is 24.2 Å². The van der Waals surface area contributed by atoms with E-state index in [4.69, 9.17) is 16.0 Å². The standard InChI is InChI=1S/C27H28ClN3O3/c1-29-26(33)31(16-13-20-7-3-2-4-8-20)25(32)27(29)14-17-30(18-15-27)19-21-11-12-24(34-21)22-9-5-6-10-23(22)28/h2-12H,13-19H2,1H3. The SMILES string of the molecule is CN1C(=O)N(CCc2ccccc2)C(=O)C12CCN(Cc1ccc(-c3ccccc3Cl)o1)CC2. The Kier molecular flexibility index (Phi) is 6.19. The number of likely N-dealkylation sites (N-methyl/N-ethyl adjacent to an activating group) is 1. The summed E-state index contributed by atoms with van der Waals surface area (Å²) in [6.07, 6.45) is 1.91. The summed E-state index contributed by atoms with van der Waals surface area (Å²) in [6.45, 7) is 2.51. The maximum atomic E-state index is 13.4. The number of halogens is 1. The van der Waals surface area contributed by atoms with Gasteiger partial charge in [-0.1, -0.05) is 54.1 Å². The van der Waals surface area contributed by atoms with Gasteiger partial charge in [0, 0.05) is 32.2 Å². The second kappa shape index (κ2) is 9.28. The van der Waals surface area contributed by atoms with Crippen molar-refractivity contribution in [1.82, 2.24) is 14.7 Å². The topological polar surface area (TPSA) is 57.0 Å². The van der Waals surface area contributed by atoms with Crippen molar-refractivity contribution in [3.8, 4) is 11.3 Å². The zero-order chi connectivity index (χ0) is 23.7. The van der Waals surface area contributed by atoms with Crippen LogP contribution in [0, 0.1) is 0 Å². The minimum absolute atomic E-state index is 0.0606. The molecule has 2 aliphatic rings. The highest BCUT2D eigenvalue weighted by Crippen LogP contribution is 2.37. The van der Waals surface area contributed by atoms with Crippen LogP contribution in [-0.4, -0.2) is 58.9 Å².